The first-order chi connectivity index (χ1) is 13.1. The molecule has 5 nitrogen and oxygen atoms in total. The third-order valence-electron chi connectivity index (χ3n) is 6.27. The van der Waals surface area contributed by atoms with Crippen LogP contribution in [-0.2, 0) is 6.42 Å². The number of ether oxygens (including phenoxy) is 1. The number of aldehydes is 1. The van der Waals surface area contributed by atoms with Gasteiger partial charge in [-0.2, -0.15) is 0 Å². The molecule has 28 heavy (non-hydrogen) atoms. The smallest absolute Gasteiger partial charge is 0.170 e. The molecule has 1 aliphatic carbocycles. The predicted octanol–water partition coefficient (Wildman–Crippen LogP) is 4.83. The first-order valence-electron chi connectivity index (χ1n) is 10.1. The van der Waals surface area contributed by atoms with Crippen molar-refractivity contribution in [2.45, 2.75) is 65.9 Å². The summed E-state index contributed by atoms with van der Waals surface area (Å²) in [6.45, 7) is 10.1. The van der Waals surface area contributed by atoms with Crippen LogP contribution in [0.2, 0.25) is 0 Å². The molecule has 1 aromatic rings. The van der Waals surface area contributed by atoms with Crippen molar-refractivity contribution in [2.24, 2.45) is 17.8 Å². The number of phenolic OH excluding ortho intramolecular Hbond substituents is 2. The average Bonchev–Trinajstić information content (AvgIpc) is 2.60. The summed E-state index contributed by atoms with van der Waals surface area (Å²) in [5, 5.41) is 21.6. The van der Waals surface area contributed by atoms with Crippen LogP contribution < -0.4 is 4.74 Å². The van der Waals surface area contributed by atoms with Crippen LogP contribution in [0.15, 0.2) is 11.6 Å². The molecule has 0 bridgehead atoms. The van der Waals surface area contributed by atoms with E-state index in [1.165, 1.54) is 5.57 Å². The minimum atomic E-state index is -0.493. The second kappa shape index (κ2) is 7.26. The molecule has 2 N–H and O–H groups in total. The minimum Gasteiger partial charge on any atom is -0.507 e. The second-order valence-corrected chi connectivity index (χ2v) is 9.00. The molecule has 0 aromatic heterocycles. The van der Waals surface area contributed by atoms with Crippen LogP contribution in [0.25, 0.3) is 0 Å². The zero-order chi connectivity index (χ0) is 20.8. The van der Waals surface area contributed by atoms with Crippen LogP contribution in [0.1, 0.15) is 80.2 Å². The molecule has 0 spiro atoms. The highest BCUT2D eigenvalue weighted by atomic mass is 16.5. The fourth-order valence-corrected chi connectivity index (χ4v) is 4.70. The van der Waals surface area contributed by atoms with Crippen LogP contribution in [0.4, 0.5) is 0 Å². The number of hydrogen-bond donors (Lipinski definition) is 2. The Morgan fingerprint density at radius 2 is 1.93 bits per heavy atom. The number of allylic oxidation sites excluding steroid dienone is 1. The van der Waals surface area contributed by atoms with Gasteiger partial charge >= 0.3 is 0 Å². The highest BCUT2D eigenvalue weighted by molar-refractivity contribution is 6.05. The minimum absolute atomic E-state index is 0.0374. The number of ketones is 1. The van der Waals surface area contributed by atoms with E-state index in [4.69, 9.17) is 4.74 Å². The molecular formula is C23H30O5. The lowest BCUT2D eigenvalue weighted by atomic mass is 9.66. The number of aromatic hydroxyl groups is 2. The Morgan fingerprint density at radius 3 is 2.50 bits per heavy atom. The van der Waals surface area contributed by atoms with Gasteiger partial charge < -0.3 is 14.9 Å². The van der Waals surface area contributed by atoms with Gasteiger partial charge in [0.1, 0.15) is 28.4 Å². The molecule has 2 aliphatic rings. The molecule has 0 radical (unpaired) electrons. The van der Waals surface area contributed by atoms with Crippen molar-refractivity contribution in [3.05, 3.63) is 28.3 Å². The fraction of sp³-hybridized carbons (Fsp3) is 0.565. The Kier molecular flexibility index (Phi) is 5.30. The van der Waals surface area contributed by atoms with Gasteiger partial charge in [-0.25, -0.2) is 0 Å². The van der Waals surface area contributed by atoms with Gasteiger partial charge in [-0.05, 0) is 31.6 Å². The first-order valence-corrected chi connectivity index (χ1v) is 10.1. The van der Waals surface area contributed by atoms with Crippen molar-refractivity contribution < 1.29 is 24.5 Å². The number of Topliss-reactive ketones (excluding diaryl/α,β-unsaturated/α-hetero) is 1. The Balaban J connectivity index is 2.20. The van der Waals surface area contributed by atoms with E-state index in [-0.39, 0.29) is 52.6 Å². The SMILES string of the molecule is CC1=CC[C@@]2(C(C)C)Oc3c(C=O)c(O)c(C(=O)CC(C)C)c(O)c3C[C@H]2C1. The van der Waals surface area contributed by atoms with E-state index in [2.05, 4.69) is 26.8 Å². The standard InChI is InChI=1S/C23H30O5/c1-12(2)8-18(25)19-20(26)16-10-15-9-14(5)6-7-23(15,13(3)4)28-22(16)17(11-24)21(19)27/h6,11-13,15,26-27H,7-10H2,1-5H3/t15-,23+/m1/s1. The molecule has 0 amide bonds. The van der Waals surface area contributed by atoms with Crippen LogP contribution in [0.5, 0.6) is 17.2 Å². The summed E-state index contributed by atoms with van der Waals surface area (Å²) >= 11 is 0. The van der Waals surface area contributed by atoms with Gasteiger partial charge in [-0.3, -0.25) is 9.59 Å². The fourth-order valence-electron chi connectivity index (χ4n) is 4.70. The van der Waals surface area contributed by atoms with Gasteiger partial charge in [-0.15, -0.1) is 0 Å². The lowest BCUT2D eigenvalue weighted by molar-refractivity contribution is -0.0503. The van der Waals surface area contributed by atoms with E-state index >= 15 is 0 Å². The topological polar surface area (TPSA) is 83.8 Å². The summed E-state index contributed by atoms with van der Waals surface area (Å²) < 4.78 is 6.43. The Bertz CT molecular complexity index is 849. The average molecular weight is 386 g/mol. The molecular weight excluding hydrogens is 356 g/mol. The normalized spacial score (nSPS) is 23.7. The zero-order valence-electron chi connectivity index (χ0n) is 17.3. The van der Waals surface area contributed by atoms with E-state index in [0.29, 0.717) is 24.7 Å². The summed E-state index contributed by atoms with van der Waals surface area (Å²) in [4.78, 5) is 24.5. The Labute approximate surface area is 166 Å². The third kappa shape index (κ3) is 3.11. The molecule has 2 atom stereocenters. The maximum absolute atomic E-state index is 12.7. The number of carbonyl (C=O) groups is 2. The van der Waals surface area contributed by atoms with Crippen molar-refractivity contribution in [3.63, 3.8) is 0 Å². The molecule has 0 unspecified atom stereocenters. The summed E-state index contributed by atoms with van der Waals surface area (Å²) in [6.07, 6.45) is 4.94. The zero-order valence-corrected chi connectivity index (χ0v) is 17.3. The van der Waals surface area contributed by atoms with E-state index in [9.17, 15) is 19.8 Å². The van der Waals surface area contributed by atoms with Crippen molar-refractivity contribution in [3.8, 4) is 17.2 Å². The Hall–Kier alpha value is -2.30. The summed E-state index contributed by atoms with van der Waals surface area (Å²) in [5.74, 6) is -0.475. The summed E-state index contributed by atoms with van der Waals surface area (Å²) in [7, 11) is 0. The van der Waals surface area contributed by atoms with Crippen LogP contribution >= 0.6 is 0 Å². The molecule has 0 saturated carbocycles. The molecule has 5 heteroatoms. The summed E-state index contributed by atoms with van der Waals surface area (Å²) in [6, 6.07) is 0. The lowest BCUT2D eigenvalue weighted by Crippen LogP contribution is -2.53. The van der Waals surface area contributed by atoms with Gasteiger partial charge in [0.25, 0.3) is 0 Å². The quantitative estimate of drug-likeness (QED) is 0.430. The molecule has 1 aliphatic heterocycles. The van der Waals surface area contributed by atoms with E-state index in [1.54, 1.807) is 0 Å². The second-order valence-electron chi connectivity index (χ2n) is 9.00. The van der Waals surface area contributed by atoms with E-state index < -0.39 is 11.4 Å². The highest BCUT2D eigenvalue weighted by Gasteiger charge is 2.50. The highest BCUT2D eigenvalue weighted by Crippen LogP contribution is 2.54. The van der Waals surface area contributed by atoms with Crippen LogP contribution in [0.3, 0.4) is 0 Å². The van der Waals surface area contributed by atoms with Crippen molar-refractivity contribution in [1.82, 2.24) is 0 Å². The lowest BCUT2D eigenvalue weighted by Gasteiger charge is -2.50. The molecule has 3 rings (SSSR count). The van der Waals surface area contributed by atoms with E-state index in [1.807, 2.05) is 13.8 Å². The van der Waals surface area contributed by atoms with Crippen LogP contribution in [0, 0.1) is 17.8 Å². The van der Waals surface area contributed by atoms with Crippen molar-refractivity contribution in [1.29, 1.82) is 0 Å². The van der Waals surface area contributed by atoms with Crippen molar-refractivity contribution in [2.75, 3.05) is 0 Å². The van der Waals surface area contributed by atoms with Gasteiger partial charge in [0.2, 0.25) is 0 Å². The van der Waals surface area contributed by atoms with Gasteiger partial charge in [-0.1, -0.05) is 39.3 Å². The Morgan fingerprint density at radius 1 is 1.25 bits per heavy atom. The third-order valence-corrected chi connectivity index (χ3v) is 6.27. The number of hydrogen-bond acceptors (Lipinski definition) is 5. The predicted molar refractivity (Wildman–Crippen MR) is 107 cm³/mol. The number of benzene rings is 1. The monoisotopic (exact) mass is 386 g/mol. The maximum Gasteiger partial charge on any atom is 0.170 e. The number of fused-ring (bicyclic) bond motifs is 2. The molecule has 1 heterocycles. The maximum atomic E-state index is 12.7. The van der Waals surface area contributed by atoms with Crippen molar-refractivity contribution >= 4 is 12.1 Å². The van der Waals surface area contributed by atoms with Crippen LogP contribution in [-0.4, -0.2) is 27.9 Å². The molecule has 0 saturated heterocycles. The molecule has 1 aromatic carbocycles. The molecule has 0 fully saturated rings. The van der Waals surface area contributed by atoms with Gasteiger partial charge in [0, 0.05) is 24.3 Å². The van der Waals surface area contributed by atoms with Gasteiger partial charge in [0.15, 0.2) is 12.1 Å². The molecule has 152 valence electrons. The first kappa shape index (κ1) is 20.4. The number of rotatable bonds is 5. The number of carbonyl (C=O) groups excluding carboxylic acids is 2. The summed E-state index contributed by atoms with van der Waals surface area (Å²) in [5.41, 5.74) is 1.05. The van der Waals surface area contributed by atoms with E-state index in [0.717, 1.165) is 6.42 Å². The van der Waals surface area contributed by atoms with Gasteiger partial charge in [0.05, 0.1) is 5.56 Å². The largest absolute Gasteiger partial charge is 0.507 e. The number of phenols is 2.